The van der Waals surface area contributed by atoms with Gasteiger partial charge in [0.25, 0.3) is 0 Å². The Kier molecular flexibility index (Phi) is 4.55. The number of amides is 1. The van der Waals surface area contributed by atoms with E-state index in [9.17, 15) is 4.79 Å². The number of carbonyl (C=O) groups excluding carboxylic acids is 1. The van der Waals surface area contributed by atoms with E-state index >= 15 is 0 Å². The lowest BCUT2D eigenvalue weighted by Crippen LogP contribution is -2.14. The second-order valence-electron chi connectivity index (χ2n) is 2.80. The van der Waals surface area contributed by atoms with Crippen LogP contribution in [-0.4, -0.2) is 17.4 Å². The van der Waals surface area contributed by atoms with E-state index < -0.39 is 0 Å². The molecule has 0 saturated carbocycles. The summed E-state index contributed by atoms with van der Waals surface area (Å²) in [6, 6.07) is 3.57. The van der Waals surface area contributed by atoms with Gasteiger partial charge in [-0.25, -0.2) is 4.98 Å². The van der Waals surface area contributed by atoms with Crippen molar-refractivity contribution in [1.82, 2.24) is 4.98 Å². The number of nitrogens with zero attached hydrogens (tertiary/aromatic N) is 1. The summed E-state index contributed by atoms with van der Waals surface area (Å²) in [7, 11) is 0. The van der Waals surface area contributed by atoms with Crippen molar-refractivity contribution < 1.29 is 4.79 Å². The van der Waals surface area contributed by atoms with Gasteiger partial charge in [0, 0.05) is 17.1 Å². The first-order valence-corrected chi connectivity index (χ1v) is 5.13. The highest BCUT2D eigenvalue weighted by molar-refractivity contribution is 9.10. The fraction of sp³-hybridized carbons (Fsp3) is 0.333. The topological polar surface area (TPSA) is 68.0 Å². The minimum Gasteiger partial charge on any atom is -0.330 e. The van der Waals surface area contributed by atoms with Crippen LogP contribution in [0.3, 0.4) is 0 Å². The van der Waals surface area contributed by atoms with Gasteiger partial charge in [0.2, 0.25) is 5.91 Å². The Bertz CT molecular complexity index is 299. The van der Waals surface area contributed by atoms with Crippen molar-refractivity contribution in [2.75, 3.05) is 11.9 Å². The normalized spacial score (nSPS) is 9.86. The van der Waals surface area contributed by atoms with E-state index in [4.69, 9.17) is 5.73 Å². The average molecular weight is 258 g/mol. The van der Waals surface area contributed by atoms with Crippen LogP contribution in [0.15, 0.2) is 22.8 Å². The zero-order valence-electron chi connectivity index (χ0n) is 7.66. The number of aromatic nitrogens is 1. The number of rotatable bonds is 4. The number of hydrogen-bond donors (Lipinski definition) is 2. The highest BCUT2D eigenvalue weighted by atomic mass is 79.9. The highest BCUT2D eigenvalue weighted by Gasteiger charge is 2.01. The zero-order chi connectivity index (χ0) is 10.4. The Labute approximate surface area is 91.0 Å². The first-order valence-electron chi connectivity index (χ1n) is 4.34. The van der Waals surface area contributed by atoms with Crippen molar-refractivity contribution in [3.05, 3.63) is 22.8 Å². The van der Waals surface area contributed by atoms with Crippen molar-refractivity contribution in [1.29, 1.82) is 0 Å². The van der Waals surface area contributed by atoms with Gasteiger partial charge in [-0.1, -0.05) is 0 Å². The molecule has 0 aromatic carbocycles. The third-order valence-electron chi connectivity index (χ3n) is 1.60. The minimum atomic E-state index is -0.0507. The second-order valence-corrected chi connectivity index (χ2v) is 3.72. The molecule has 14 heavy (non-hydrogen) atoms. The van der Waals surface area contributed by atoms with Gasteiger partial charge in [-0.15, -0.1) is 0 Å². The van der Waals surface area contributed by atoms with Gasteiger partial charge < -0.3 is 11.1 Å². The van der Waals surface area contributed by atoms with Crippen molar-refractivity contribution in [2.24, 2.45) is 5.73 Å². The summed E-state index contributed by atoms with van der Waals surface area (Å²) < 4.78 is 0.887. The first-order chi connectivity index (χ1) is 6.72. The van der Waals surface area contributed by atoms with Gasteiger partial charge >= 0.3 is 0 Å². The molecule has 0 unspecified atom stereocenters. The molecule has 1 aromatic rings. The van der Waals surface area contributed by atoms with Crippen molar-refractivity contribution >= 4 is 27.7 Å². The molecule has 1 amide bonds. The third-order valence-corrected chi connectivity index (χ3v) is 2.07. The number of nitrogens with one attached hydrogen (secondary N) is 1. The summed E-state index contributed by atoms with van der Waals surface area (Å²) in [5.74, 6) is 0.514. The van der Waals surface area contributed by atoms with E-state index in [1.165, 1.54) is 0 Å². The molecule has 1 heterocycles. The molecular formula is C9H12BrN3O. The quantitative estimate of drug-likeness (QED) is 0.860. The Balaban J connectivity index is 2.44. The zero-order valence-corrected chi connectivity index (χ0v) is 9.25. The van der Waals surface area contributed by atoms with Crippen molar-refractivity contribution in [3.8, 4) is 0 Å². The van der Waals surface area contributed by atoms with Gasteiger partial charge in [0.1, 0.15) is 5.82 Å². The van der Waals surface area contributed by atoms with Crippen LogP contribution in [-0.2, 0) is 4.79 Å². The summed E-state index contributed by atoms with van der Waals surface area (Å²) in [5, 5.41) is 2.68. The molecule has 0 fully saturated rings. The molecule has 0 atom stereocenters. The van der Waals surface area contributed by atoms with E-state index in [0.717, 1.165) is 4.47 Å². The molecule has 3 N–H and O–H groups in total. The van der Waals surface area contributed by atoms with Crippen molar-refractivity contribution in [2.45, 2.75) is 12.8 Å². The van der Waals surface area contributed by atoms with Crippen LogP contribution in [0.1, 0.15) is 12.8 Å². The molecule has 0 aliphatic rings. The van der Waals surface area contributed by atoms with E-state index in [0.29, 0.717) is 25.2 Å². The molecule has 0 radical (unpaired) electrons. The predicted molar refractivity (Wildman–Crippen MR) is 58.9 cm³/mol. The molecule has 1 aromatic heterocycles. The lowest BCUT2D eigenvalue weighted by atomic mass is 10.3. The number of nitrogens with two attached hydrogens (primary N) is 1. The number of hydrogen-bond acceptors (Lipinski definition) is 3. The molecule has 0 saturated heterocycles. The Morgan fingerprint density at radius 1 is 1.57 bits per heavy atom. The van der Waals surface area contributed by atoms with Crippen molar-refractivity contribution in [3.63, 3.8) is 0 Å². The summed E-state index contributed by atoms with van der Waals surface area (Å²) in [5.41, 5.74) is 5.29. The van der Waals surface area contributed by atoms with Gasteiger partial charge in [-0.05, 0) is 41.0 Å². The molecule has 76 valence electrons. The minimum absolute atomic E-state index is 0.0507. The summed E-state index contributed by atoms with van der Waals surface area (Å²) in [4.78, 5) is 15.3. The molecule has 0 aliphatic carbocycles. The van der Waals surface area contributed by atoms with Gasteiger partial charge in [-0.3, -0.25) is 4.79 Å². The van der Waals surface area contributed by atoms with E-state index in [-0.39, 0.29) is 5.91 Å². The lowest BCUT2D eigenvalue weighted by molar-refractivity contribution is -0.116. The van der Waals surface area contributed by atoms with Crippen LogP contribution in [0.5, 0.6) is 0 Å². The Hall–Kier alpha value is -0.940. The Morgan fingerprint density at radius 2 is 2.36 bits per heavy atom. The number of carbonyl (C=O) groups is 1. The summed E-state index contributed by atoms with van der Waals surface area (Å²) >= 11 is 3.26. The van der Waals surface area contributed by atoms with Gasteiger partial charge in [-0.2, -0.15) is 0 Å². The van der Waals surface area contributed by atoms with E-state index in [1.54, 1.807) is 12.3 Å². The van der Waals surface area contributed by atoms with Crippen LogP contribution in [0.2, 0.25) is 0 Å². The molecule has 0 aliphatic heterocycles. The molecular weight excluding hydrogens is 246 g/mol. The molecule has 5 heteroatoms. The summed E-state index contributed by atoms with van der Waals surface area (Å²) in [6.45, 7) is 0.529. The van der Waals surface area contributed by atoms with Crippen LogP contribution in [0.4, 0.5) is 5.82 Å². The number of halogens is 1. The molecule has 1 rings (SSSR count). The first kappa shape index (κ1) is 11.1. The predicted octanol–water partition coefficient (Wildman–Crippen LogP) is 1.52. The third kappa shape index (κ3) is 3.85. The van der Waals surface area contributed by atoms with Gasteiger partial charge in [0.15, 0.2) is 0 Å². The Morgan fingerprint density at radius 3 is 2.93 bits per heavy atom. The fourth-order valence-corrected chi connectivity index (χ4v) is 1.15. The fourth-order valence-electron chi connectivity index (χ4n) is 0.918. The maximum absolute atomic E-state index is 11.2. The van der Waals surface area contributed by atoms with E-state index in [2.05, 4.69) is 26.2 Å². The lowest BCUT2D eigenvalue weighted by Gasteiger charge is -2.02. The van der Waals surface area contributed by atoms with E-state index in [1.807, 2.05) is 6.07 Å². The van der Waals surface area contributed by atoms with Crippen LogP contribution in [0.25, 0.3) is 0 Å². The standard InChI is InChI=1S/C9H12BrN3O/c10-7-3-4-8(12-6-7)13-9(14)2-1-5-11/h3-4,6H,1-2,5,11H2,(H,12,13,14). The van der Waals surface area contributed by atoms with Crippen LogP contribution >= 0.6 is 15.9 Å². The average Bonchev–Trinajstić information content (AvgIpc) is 2.18. The van der Waals surface area contributed by atoms with Gasteiger partial charge in [0.05, 0.1) is 0 Å². The molecule has 0 bridgehead atoms. The van der Waals surface area contributed by atoms with Crippen LogP contribution in [0, 0.1) is 0 Å². The summed E-state index contributed by atoms with van der Waals surface area (Å²) in [6.07, 6.45) is 2.77. The monoisotopic (exact) mass is 257 g/mol. The SMILES string of the molecule is NCCCC(=O)Nc1ccc(Br)cn1. The smallest absolute Gasteiger partial charge is 0.225 e. The molecule has 0 spiro atoms. The van der Waals surface area contributed by atoms with Crippen LogP contribution < -0.4 is 11.1 Å². The second kappa shape index (κ2) is 5.72. The maximum atomic E-state index is 11.2. The molecule has 4 nitrogen and oxygen atoms in total. The number of anilines is 1. The largest absolute Gasteiger partial charge is 0.330 e. The number of pyridine rings is 1. The maximum Gasteiger partial charge on any atom is 0.225 e. The highest BCUT2D eigenvalue weighted by Crippen LogP contribution is 2.10.